The highest BCUT2D eigenvalue weighted by atomic mass is 79.9. The number of rotatable bonds is 8. The first kappa shape index (κ1) is 24.0. The van der Waals surface area contributed by atoms with E-state index in [9.17, 15) is 14.4 Å². The molecule has 3 aromatic rings. The van der Waals surface area contributed by atoms with Gasteiger partial charge in [0.25, 0.3) is 0 Å². The predicted molar refractivity (Wildman–Crippen MR) is 133 cm³/mol. The Bertz CT molecular complexity index is 1130. The Morgan fingerprint density at radius 2 is 1.59 bits per heavy atom. The number of nitrogens with one attached hydrogen (secondary N) is 3. The van der Waals surface area contributed by atoms with E-state index in [1.54, 1.807) is 24.3 Å². The smallest absolute Gasteiger partial charge is 0.234 e. The van der Waals surface area contributed by atoms with Crippen molar-refractivity contribution >= 4 is 73.8 Å². The van der Waals surface area contributed by atoms with Crippen molar-refractivity contribution in [2.45, 2.75) is 24.6 Å². The van der Waals surface area contributed by atoms with Gasteiger partial charge < -0.3 is 16.0 Å². The van der Waals surface area contributed by atoms with Crippen molar-refractivity contribution in [2.24, 2.45) is 0 Å². The summed E-state index contributed by atoms with van der Waals surface area (Å²) in [6.45, 7) is 3.40. The van der Waals surface area contributed by atoms with Gasteiger partial charge in [0.15, 0.2) is 4.34 Å². The Morgan fingerprint density at radius 1 is 0.969 bits per heavy atom. The molecule has 0 aliphatic carbocycles. The molecule has 1 aromatic heterocycles. The van der Waals surface area contributed by atoms with Crippen LogP contribution in [0.4, 0.5) is 17.1 Å². The lowest BCUT2D eigenvalue weighted by Gasteiger charge is -2.06. The number of thioether (sulfide) groups is 1. The molecule has 10 heteroatoms. The lowest BCUT2D eigenvalue weighted by atomic mass is 10.2. The monoisotopic (exact) mass is 532 g/mol. The first-order valence-electron chi connectivity index (χ1n) is 9.59. The van der Waals surface area contributed by atoms with Crippen LogP contribution in [0.2, 0.25) is 0 Å². The molecule has 166 valence electrons. The van der Waals surface area contributed by atoms with Crippen LogP contribution < -0.4 is 16.0 Å². The van der Waals surface area contributed by atoms with Gasteiger partial charge in [-0.2, -0.15) is 0 Å². The number of benzene rings is 2. The van der Waals surface area contributed by atoms with Gasteiger partial charge in [-0.05, 0) is 55.0 Å². The van der Waals surface area contributed by atoms with Crippen LogP contribution in [0.1, 0.15) is 18.2 Å². The van der Waals surface area contributed by atoms with Gasteiger partial charge in [0.1, 0.15) is 0 Å². The summed E-state index contributed by atoms with van der Waals surface area (Å²) in [7, 11) is 0. The van der Waals surface area contributed by atoms with Crippen LogP contribution in [0.15, 0.2) is 56.7 Å². The molecule has 1 heterocycles. The van der Waals surface area contributed by atoms with Crippen LogP contribution in [0.3, 0.4) is 0 Å². The molecule has 0 fully saturated rings. The first-order chi connectivity index (χ1) is 15.3. The van der Waals surface area contributed by atoms with E-state index in [-0.39, 0.29) is 29.9 Å². The van der Waals surface area contributed by atoms with Gasteiger partial charge >= 0.3 is 0 Å². The number of carbonyl (C=O) groups excluding carboxylic acids is 3. The van der Waals surface area contributed by atoms with Gasteiger partial charge in [-0.1, -0.05) is 27.7 Å². The lowest BCUT2D eigenvalue weighted by molar-refractivity contribution is -0.116. The van der Waals surface area contributed by atoms with Crippen LogP contribution >= 0.6 is 39.0 Å². The minimum atomic E-state index is -0.164. The van der Waals surface area contributed by atoms with Crippen molar-refractivity contribution in [3.05, 3.63) is 63.6 Å². The summed E-state index contributed by atoms with van der Waals surface area (Å²) in [6.07, 6.45) is 0.166. The Kier molecular flexibility index (Phi) is 8.43. The standard InChI is InChI=1S/C22H21BrN4O3S2/c1-13-9-17(7-8-19(13)23)26-20(29)10-18-11-31-22(27-18)32-12-21(30)25-16-5-3-15(4-6-16)24-14(2)28/h3-9,11H,10,12H2,1-2H3,(H,24,28)(H,25,30)(H,26,29). The van der Waals surface area contributed by atoms with Crippen molar-refractivity contribution in [2.75, 3.05) is 21.7 Å². The molecule has 0 unspecified atom stereocenters. The number of aryl methyl sites for hydroxylation is 1. The van der Waals surface area contributed by atoms with Crippen LogP contribution in [0.5, 0.6) is 0 Å². The topological polar surface area (TPSA) is 100 Å². The Hall–Kier alpha value is -2.69. The SMILES string of the molecule is CC(=O)Nc1ccc(NC(=O)CSc2nc(CC(=O)Nc3ccc(Br)c(C)c3)cs2)cc1. The Labute approximate surface area is 202 Å². The molecule has 3 amide bonds. The molecule has 0 bridgehead atoms. The largest absolute Gasteiger partial charge is 0.326 e. The zero-order valence-electron chi connectivity index (χ0n) is 17.4. The molecule has 0 saturated heterocycles. The first-order valence-corrected chi connectivity index (χ1v) is 12.2. The average molecular weight is 533 g/mol. The number of anilines is 3. The van der Waals surface area contributed by atoms with E-state index < -0.39 is 0 Å². The molecular weight excluding hydrogens is 512 g/mol. The maximum absolute atomic E-state index is 12.3. The molecule has 7 nitrogen and oxygen atoms in total. The predicted octanol–water partition coefficient (Wildman–Crippen LogP) is 5.08. The third-order valence-electron chi connectivity index (χ3n) is 4.13. The van der Waals surface area contributed by atoms with E-state index in [1.807, 2.05) is 30.5 Å². The maximum atomic E-state index is 12.3. The van der Waals surface area contributed by atoms with E-state index in [2.05, 4.69) is 36.9 Å². The normalized spacial score (nSPS) is 10.5. The van der Waals surface area contributed by atoms with E-state index in [1.165, 1.54) is 30.0 Å². The number of carbonyl (C=O) groups is 3. The summed E-state index contributed by atoms with van der Waals surface area (Å²) >= 11 is 6.16. The number of hydrogen-bond donors (Lipinski definition) is 3. The summed E-state index contributed by atoms with van der Waals surface area (Å²) in [5, 5.41) is 10.2. The zero-order chi connectivity index (χ0) is 23.1. The van der Waals surface area contributed by atoms with Gasteiger partial charge in [-0.25, -0.2) is 4.98 Å². The lowest BCUT2D eigenvalue weighted by Crippen LogP contribution is -2.15. The average Bonchev–Trinajstić information content (AvgIpc) is 3.17. The number of amides is 3. The number of thiazole rings is 1. The van der Waals surface area contributed by atoms with Gasteiger partial charge in [-0.15, -0.1) is 11.3 Å². The molecule has 0 radical (unpaired) electrons. The molecule has 0 aliphatic heterocycles. The minimum Gasteiger partial charge on any atom is -0.326 e. The fourth-order valence-corrected chi connectivity index (χ4v) is 4.58. The van der Waals surface area contributed by atoms with Crippen LogP contribution in [-0.4, -0.2) is 28.5 Å². The van der Waals surface area contributed by atoms with E-state index >= 15 is 0 Å². The van der Waals surface area contributed by atoms with Crippen LogP contribution in [0, 0.1) is 6.92 Å². The summed E-state index contributed by atoms with van der Waals surface area (Å²) in [6, 6.07) is 12.5. The number of nitrogens with zero attached hydrogens (tertiary/aromatic N) is 1. The third-order valence-corrected chi connectivity index (χ3v) is 7.09. The quantitative estimate of drug-likeness (QED) is 0.351. The highest BCUT2D eigenvalue weighted by Crippen LogP contribution is 2.24. The fraction of sp³-hybridized carbons (Fsp3) is 0.182. The molecule has 3 N–H and O–H groups in total. The fourth-order valence-electron chi connectivity index (χ4n) is 2.69. The van der Waals surface area contributed by atoms with E-state index in [0.717, 1.165) is 20.1 Å². The molecular formula is C22H21BrN4O3S2. The Morgan fingerprint density at radius 3 is 2.25 bits per heavy atom. The highest BCUT2D eigenvalue weighted by molar-refractivity contribution is 9.10. The second kappa shape index (κ2) is 11.3. The van der Waals surface area contributed by atoms with E-state index in [4.69, 9.17) is 0 Å². The second-order valence-electron chi connectivity index (χ2n) is 6.89. The molecule has 0 spiro atoms. The van der Waals surface area contributed by atoms with Gasteiger partial charge in [0.05, 0.1) is 17.9 Å². The zero-order valence-corrected chi connectivity index (χ0v) is 20.6. The van der Waals surface area contributed by atoms with Crippen molar-refractivity contribution in [1.82, 2.24) is 4.98 Å². The molecule has 0 saturated carbocycles. The maximum Gasteiger partial charge on any atom is 0.234 e. The Balaban J connectivity index is 1.45. The van der Waals surface area contributed by atoms with Gasteiger partial charge in [-0.3, -0.25) is 14.4 Å². The molecule has 3 rings (SSSR count). The highest BCUT2D eigenvalue weighted by Gasteiger charge is 2.11. The number of halogens is 1. The molecule has 0 atom stereocenters. The van der Waals surface area contributed by atoms with Crippen molar-refractivity contribution < 1.29 is 14.4 Å². The number of hydrogen-bond acceptors (Lipinski definition) is 6. The van der Waals surface area contributed by atoms with Crippen molar-refractivity contribution in [3.8, 4) is 0 Å². The van der Waals surface area contributed by atoms with Crippen LogP contribution in [-0.2, 0) is 20.8 Å². The van der Waals surface area contributed by atoms with Gasteiger partial charge in [0.2, 0.25) is 17.7 Å². The minimum absolute atomic E-state index is 0.144. The summed E-state index contributed by atoms with van der Waals surface area (Å²) in [5.74, 6) is -0.261. The second-order valence-corrected chi connectivity index (χ2v) is 9.82. The molecule has 0 aliphatic rings. The van der Waals surface area contributed by atoms with E-state index in [0.29, 0.717) is 17.1 Å². The molecule has 32 heavy (non-hydrogen) atoms. The van der Waals surface area contributed by atoms with Crippen molar-refractivity contribution in [1.29, 1.82) is 0 Å². The third kappa shape index (κ3) is 7.47. The summed E-state index contributed by atoms with van der Waals surface area (Å²) in [5.41, 5.74) is 3.75. The number of aromatic nitrogens is 1. The molecule has 2 aromatic carbocycles. The van der Waals surface area contributed by atoms with Crippen molar-refractivity contribution in [3.63, 3.8) is 0 Å². The summed E-state index contributed by atoms with van der Waals surface area (Å²) < 4.78 is 1.71. The van der Waals surface area contributed by atoms with Gasteiger partial charge in [0, 0.05) is 33.8 Å². The van der Waals surface area contributed by atoms with Crippen LogP contribution in [0.25, 0.3) is 0 Å². The summed E-state index contributed by atoms with van der Waals surface area (Å²) in [4.78, 5) is 40.0.